The molecule has 1 saturated heterocycles. The minimum absolute atomic E-state index is 0.0607. The van der Waals surface area contributed by atoms with E-state index in [0.717, 1.165) is 30.2 Å². The highest BCUT2D eigenvalue weighted by atomic mass is 16.5. The lowest BCUT2D eigenvalue weighted by Crippen LogP contribution is -2.52. The standard InChI is InChI=1S/C19H26N4O/c1-19(2,3)18-8-16(21-22-18)15-7-17(23-10-13(11-23)24-4)14(9-20-15)12-5-6-12/h7-9,12-13H,5-6,10-11H2,1-4H3,(H,21,22). The van der Waals surface area contributed by atoms with Crippen LogP contribution in [0.15, 0.2) is 18.3 Å². The third-order valence-electron chi connectivity index (χ3n) is 5.10. The number of methoxy groups -OCH3 is 1. The Kier molecular flexibility index (Phi) is 3.64. The summed E-state index contributed by atoms with van der Waals surface area (Å²) in [6.45, 7) is 8.49. The second-order valence-corrected chi connectivity index (χ2v) is 8.08. The number of hydrogen-bond donors (Lipinski definition) is 1. The lowest BCUT2D eigenvalue weighted by molar-refractivity contribution is 0.0787. The second-order valence-electron chi connectivity index (χ2n) is 8.08. The lowest BCUT2D eigenvalue weighted by Gasteiger charge is -2.41. The van der Waals surface area contributed by atoms with Crippen molar-refractivity contribution in [3.05, 3.63) is 29.6 Å². The fraction of sp³-hybridized carbons (Fsp3) is 0.579. The van der Waals surface area contributed by atoms with Crippen molar-refractivity contribution in [2.75, 3.05) is 25.1 Å². The Labute approximate surface area is 143 Å². The monoisotopic (exact) mass is 326 g/mol. The summed E-state index contributed by atoms with van der Waals surface area (Å²) in [7, 11) is 1.79. The topological polar surface area (TPSA) is 54.0 Å². The first-order valence-corrected chi connectivity index (χ1v) is 8.79. The molecule has 0 radical (unpaired) electrons. The molecule has 1 aliphatic heterocycles. The van der Waals surface area contributed by atoms with Gasteiger partial charge in [-0.05, 0) is 36.5 Å². The average molecular weight is 326 g/mol. The molecule has 5 heteroatoms. The summed E-state index contributed by atoms with van der Waals surface area (Å²) in [4.78, 5) is 7.11. The van der Waals surface area contributed by atoms with E-state index in [2.05, 4.69) is 54.2 Å². The van der Waals surface area contributed by atoms with Crippen LogP contribution in [-0.4, -0.2) is 41.5 Å². The third-order valence-corrected chi connectivity index (χ3v) is 5.10. The molecule has 2 aromatic heterocycles. The van der Waals surface area contributed by atoms with Crippen LogP contribution < -0.4 is 4.90 Å². The molecule has 2 aliphatic rings. The third kappa shape index (κ3) is 2.81. The van der Waals surface area contributed by atoms with Gasteiger partial charge >= 0.3 is 0 Å². The van der Waals surface area contributed by atoms with E-state index in [9.17, 15) is 0 Å². The molecular weight excluding hydrogens is 300 g/mol. The Bertz CT molecular complexity index is 736. The van der Waals surface area contributed by atoms with Crippen molar-refractivity contribution >= 4 is 5.69 Å². The van der Waals surface area contributed by atoms with Crippen molar-refractivity contribution in [2.45, 2.75) is 51.0 Å². The van der Waals surface area contributed by atoms with Crippen LogP contribution in [0.4, 0.5) is 5.69 Å². The summed E-state index contributed by atoms with van der Waals surface area (Å²) < 4.78 is 5.43. The molecule has 0 spiro atoms. The fourth-order valence-corrected chi connectivity index (χ4v) is 3.20. The van der Waals surface area contributed by atoms with Crippen molar-refractivity contribution in [1.82, 2.24) is 15.2 Å². The van der Waals surface area contributed by atoms with E-state index in [0.29, 0.717) is 12.0 Å². The predicted octanol–water partition coefficient (Wildman–Crippen LogP) is 3.48. The van der Waals surface area contributed by atoms with Crippen LogP contribution in [0.1, 0.15) is 50.8 Å². The fourth-order valence-electron chi connectivity index (χ4n) is 3.20. The number of ether oxygens (including phenoxy) is 1. The molecule has 1 aliphatic carbocycles. The van der Waals surface area contributed by atoms with Crippen molar-refractivity contribution in [3.8, 4) is 11.4 Å². The Morgan fingerprint density at radius 1 is 1.17 bits per heavy atom. The van der Waals surface area contributed by atoms with Gasteiger partial charge in [0, 0.05) is 43.2 Å². The molecule has 128 valence electrons. The smallest absolute Gasteiger partial charge is 0.111 e. The molecule has 0 atom stereocenters. The Morgan fingerprint density at radius 3 is 2.50 bits per heavy atom. The van der Waals surface area contributed by atoms with Crippen LogP contribution in [0.2, 0.25) is 0 Å². The van der Waals surface area contributed by atoms with E-state index >= 15 is 0 Å². The van der Waals surface area contributed by atoms with Gasteiger partial charge in [-0.15, -0.1) is 0 Å². The maximum absolute atomic E-state index is 5.43. The summed E-state index contributed by atoms with van der Waals surface area (Å²) in [5.74, 6) is 0.687. The number of pyridine rings is 1. The first kappa shape index (κ1) is 15.6. The summed E-state index contributed by atoms with van der Waals surface area (Å²) in [6, 6.07) is 4.33. The first-order valence-electron chi connectivity index (χ1n) is 8.79. The number of anilines is 1. The molecule has 5 nitrogen and oxygen atoms in total. The van der Waals surface area contributed by atoms with E-state index in [1.165, 1.54) is 24.1 Å². The van der Waals surface area contributed by atoms with Crippen LogP contribution in [0.3, 0.4) is 0 Å². The predicted molar refractivity (Wildman–Crippen MR) is 95.5 cm³/mol. The molecule has 0 amide bonds. The maximum Gasteiger partial charge on any atom is 0.111 e. The normalized spacial score (nSPS) is 18.8. The van der Waals surface area contributed by atoms with Gasteiger partial charge < -0.3 is 9.64 Å². The molecule has 4 rings (SSSR count). The van der Waals surface area contributed by atoms with Gasteiger partial charge in [-0.25, -0.2) is 0 Å². The maximum atomic E-state index is 5.43. The van der Waals surface area contributed by atoms with Gasteiger partial charge in [0.15, 0.2) is 0 Å². The largest absolute Gasteiger partial charge is 0.378 e. The second kappa shape index (κ2) is 5.59. The van der Waals surface area contributed by atoms with E-state index in [4.69, 9.17) is 9.72 Å². The zero-order chi connectivity index (χ0) is 16.9. The van der Waals surface area contributed by atoms with Crippen molar-refractivity contribution < 1.29 is 4.74 Å². The molecule has 0 aromatic carbocycles. The molecule has 0 bridgehead atoms. The Balaban J connectivity index is 1.66. The van der Waals surface area contributed by atoms with Gasteiger partial charge in [0.2, 0.25) is 0 Å². The highest BCUT2D eigenvalue weighted by molar-refractivity contribution is 5.67. The SMILES string of the molecule is COC1CN(c2cc(-c3cc(C(C)(C)C)[nH]n3)ncc2C2CC2)C1. The van der Waals surface area contributed by atoms with Gasteiger partial charge in [0.05, 0.1) is 11.8 Å². The molecule has 1 saturated carbocycles. The molecule has 3 heterocycles. The number of nitrogens with one attached hydrogen (secondary N) is 1. The van der Waals surface area contributed by atoms with E-state index in [-0.39, 0.29) is 5.41 Å². The van der Waals surface area contributed by atoms with Gasteiger partial charge in [-0.3, -0.25) is 10.1 Å². The van der Waals surface area contributed by atoms with Gasteiger partial charge in [0.25, 0.3) is 0 Å². The number of nitrogens with zero attached hydrogens (tertiary/aromatic N) is 3. The quantitative estimate of drug-likeness (QED) is 0.934. The molecule has 2 aromatic rings. The van der Waals surface area contributed by atoms with Crippen LogP contribution >= 0.6 is 0 Å². The van der Waals surface area contributed by atoms with Gasteiger partial charge in [-0.2, -0.15) is 5.10 Å². The minimum atomic E-state index is 0.0607. The highest BCUT2D eigenvalue weighted by Gasteiger charge is 2.33. The number of rotatable bonds is 4. The zero-order valence-corrected chi connectivity index (χ0v) is 15.0. The van der Waals surface area contributed by atoms with E-state index in [1.807, 2.05) is 0 Å². The van der Waals surface area contributed by atoms with E-state index < -0.39 is 0 Å². The number of aromatic amines is 1. The van der Waals surface area contributed by atoms with Crippen molar-refractivity contribution in [1.29, 1.82) is 0 Å². The van der Waals surface area contributed by atoms with E-state index in [1.54, 1.807) is 7.11 Å². The number of hydrogen-bond acceptors (Lipinski definition) is 4. The zero-order valence-electron chi connectivity index (χ0n) is 15.0. The minimum Gasteiger partial charge on any atom is -0.378 e. The Hall–Kier alpha value is -1.88. The summed E-state index contributed by atoms with van der Waals surface area (Å²) in [5.41, 5.74) is 5.77. The number of aromatic nitrogens is 3. The van der Waals surface area contributed by atoms with Crippen molar-refractivity contribution in [2.24, 2.45) is 0 Å². The van der Waals surface area contributed by atoms with Crippen LogP contribution in [0.5, 0.6) is 0 Å². The lowest BCUT2D eigenvalue weighted by atomic mass is 9.92. The van der Waals surface area contributed by atoms with Crippen LogP contribution in [0, 0.1) is 0 Å². The van der Waals surface area contributed by atoms with Gasteiger partial charge in [-0.1, -0.05) is 20.8 Å². The Morgan fingerprint density at radius 2 is 1.92 bits per heavy atom. The van der Waals surface area contributed by atoms with Crippen LogP contribution in [-0.2, 0) is 10.2 Å². The van der Waals surface area contributed by atoms with Gasteiger partial charge in [0.1, 0.15) is 5.69 Å². The molecule has 24 heavy (non-hydrogen) atoms. The first-order chi connectivity index (χ1) is 11.5. The van der Waals surface area contributed by atoms with Crippen LogP contribution in [0.25, 0.3) is 11.4 Å². The summed E-state index contributed by atoms with van der Waals surface area (Å²) in [5, 5.41) is 7.65. The summed E-state index contributed by atoms with van der Waals surface area (Å²) >= 11 is 0. The van der Waals surface area contributed by atoms with Crippen molar-refractivity contribution in [3.63, 3.8) is 0 Å². The molecule has 1 N–H and O–H groups in total. The average Bonchev–Trinajstić information content (AvgIpc) is 3.20. The molecule has 0 unspecified atom stereocenters. The molecular formula is C19H26N4O. The summed E-state index contributed by atoms with van der Waals surface area (Å²) in [6.07, 6.45) is 4.98. The number of H-pyrrole nitrogens is 1. The molecule has 2 fully saturated rings. The highest BCUT2D eigenvalue weighted by Crippen LogP contribution is 2.45.